The van der Waals surface area contributed by atoms with Gasteiger partial charge < -0.3 is 18.9 Å². The van der Waals surface area contributed by atoms with Crippen molar-refractivity contribution >= 4 is 5.69 Å². The van der Waals surface area contributed by atoms with Gasteiger partial charge in [0.25, 0.3) is 5.69 Å². The van der Waals surface area contributed by atoms with Crippen LogP contribution in [0.4, 0.5) is 5.69 Å². The first-order chi connectivity index (χ1) is 16.7. The van der Waals surface area contributed by atoms with Gasteiger partial charge in [0.05, 0.1) is 31.4 Å². The molecule has 0 aliphatic heterocycles. The number of hydrogen-bond donors (Lipinski definition) is 0. The fourth-order valence-electron chi connectivity index (χ4n) is 3.46. The maximum absolute atomic E-state index is 10.6. The van der Waals surface area contributed by atoms with E-state index in [4.69, 9.17) is 18.9 Å². The van der Waals surface area contributed by atoms with Crippen molar-refractivity contribution in [1.29, 1.82) is 0 Å². The van der Waals surface area contributed by atoms with Crippen LogP contribution in [0.25, 0.3) is 0 Å². The van der Waals surface area contributed by atoms with Gasteiger partial charge >= 0.3 is 0 Å². The lowest BCUT2D eigenvalue weighted by molar-refractivity contribution is -0.384. The quantitative estimate of drug-likeness (QED) is 0.126. The molecule has 0 unspecified atom stereocenters. The van der Waals surface area contributed by atoms with Crippen LogP contribution in [-0.4, -0.2) is 44.6 Å². The molecule has 0 aliphatic rings. The summed E-state index contributed by atoms with van der Waals surface area (Å²) in [5.74, 6) is 1.44. The summed E-state index contributed by atoms with van der Waals surface area (Å²) in [6.07, 6.45) is 10.5. The van der Waals surface area contributed by atoms with Crippen LogP contribution in [0.3, 0.4) is 0 Å². The lowest BCUT2D eigenvalue weighted by atomic mass is 10.0. The molecular weight excluding hydrogens is 434 g/mol. The first kappa shape index (κ1) is 27.6. The average Bonchev–Trinajstić information content (AvgIpc) is 2.85. The Labute approximate surface area is 203 Å². The van der Waals surface area contributed by atoms with Gasteiger partial charge in [-0.15, -0.1) is 0 Å². The number of nitrogens with zero attached hydrogens (tertiary/aromatic N) is 1. The molecule has 0 fully saturated rings. The minimum absolute atomic E-state index is 0.0422. The highest BCUT2D eigenvalue weighted by Crippen LogP contribution is 2.17. The van der Waals surface area contributed by atoms with Gasteiger partial charge in [-0.2, -0.15) is 0 Å². The second kappa shape index (κ2) is 17.8. The number of hydrogen-bond acceptors (Lipinski definition) is 6. The lowest BCUT2D eigenvalue weighted by Crippen LogP contribution is -2.13. The number of ether oxygens (including phenoxy) is 4. The molecule has 0 spiro atoms. The minimum atomic E-state index is -0.438. The van der Waals surface area contributed by atoms with Crippen LogP contribution in [0.15, 0.2) is 48.5 Å². The van der Waals surface area contributed by atoms with Crippen molar-refractivity contribution in [2.24, 2.45) is 0 Å². The number of non-ortho nitro benzene ring substituents is 1. The van der Waals surface area contributed by atoms with E-state index in [1.165, 1.54) is 62.6 Å². The highest BCUT2D eigenvalue weighted by atomic mass is 16.6. The predicted octanol–water partition coefficient (Wildman–Crippen LogP) is 6.38. The monoisotopic (exact) mass is 473 g/mol. The lowest BCUT2D eigenvalue weighted by Gasteiger charge is -2.09. The smallest absolute Gasteiger partial charge is 0.269 e. The van der Waals surface area contributed by atoms with Crippen LogP contribution in [-0.2, 0) is 15.9 Å². The van der Waals surface area contributed by atoms with Gasteiger partial charge in [-0.25, -0.2) is 0 Å². The van der Waals surface area contributed by atoms with E-state index in [1.807, 2.05) is 12.1 Å². The van der Waals surface area contributed by atoms with E-state index in [1.54, 1.807) is 12.1 Å². The Balaban J connectivity index is 1.40. The van der Waals surface area contributed by atoms with Crippen LogP contribution in [0.1, 0.15) is 57.4 Å². The van der Waals surface area contributed by atoms with Gasteiger partial charge in [-0.3, -0.25) is 10.1 Å². The first-order valence-corrected chi connectivity index (χ1v) is 12.4. The predicted molar refractivity (Wildman–Crippen MR) is 134 cm³/mol. The number of nitro groups is 1. The molecule has 0 aromatic heterocycles. The van der Waals surface area contributed by atoms with Crippen LogP contribution >= 0.6 is 0 Å². The number of unbranched alkanes of at least 4 members (excludes halogenated alkanes) is 6. The Bertz CT molecular complexity index is 779. The molecule has 7 heteroatoms. The minimum Gasteiger partial charge on any atom is -0.491 e. The molecule has 188 valence electrons. The molecular formula is C27H39NO6. The van der Waals surface area contributed by atoms with Gasteiger partial charge in [0.15, 0.2) is 0 Å². The summed E-state index contributed by atoms with van der Waals surface area (Å²) in [6.45, 7) is 5.00. The number of aryl methyl sites for hydroxylation is 1. The van der Waals surface area contributed by atoms with Crippen LogP contribution in [0.5, 0.6) is 11.5 Å². The molecule has 0 aliphatic carbocycles. The standard InChI is InChI=1S/C27H39NO6/c1-2-3-4-5-6-7-8-9-24-10-14-26(15-11-24)33-22-20-31-18-19-32-21-23-34-27-16-12-25(13-17-27)28(29)30/h10-17H,2-9,18-23H2,1H3. The van der Waals surface area contributed by atoms with Crippen LogP contribution in [0.2, 0.25) is 0 Å². The molecule has 0 N–H and O–H groups in total. The van der Waals surface area contributed by atoms with E-state index < -0.39 is 4.92 Å². The van der Waals surface area contributed by atoms with E-state index in [-0.39, 0.29) is 5.69 Å². The highest BCUT2D eigenvalue weighted by Gasteiger charge is 2.04. The summed E-state index contributed by atoms with van der Waals surface area (Å²) in [4.78, 5) is 10.2. The Hall–Kier alpha value is -2.64. The summed E-state index contributed by atoms with van der Waals surface area (Å²) in [6, 6.07) is 14.3. The zero-order valence-corrected chi connectivity index (χ0v) is 20.4. The molecule has 2 aromatic rings. The Kier molecular flexibility index (Phi) is 14.4. The zero-order valence-electron chi connectivity index (χ0n) is 20.4. The third kappa shape index (κ3) is 12.6. The van der Waals surface area contributed by atoms with E-state index >= 15 is 0 Å². The second-order valence-corrected chi connectivity index (χ2v) is 8.19. The number of rotatable bonds is 20. The molecule has 7 nitrogen and oxygen atoms in total. The van der Waals surface area contributed by atoms with E-state index in [0.29, 0.717) is 45.4 Å². The molecule has 2 rings (SSSR count). The maximum atomic E-state index is 10.6. The van der Waals surface area contributed by atoms with Crippen molar-refractivity contribution in [3.63, 3.8) is 0 Å². The topological polar surface area (TPSA) is 80.1 Å². The van der Waals surface area contributed by atoms with Gasteiger partial charge in [0, 0.05) is 12.1 Å². The normalized spacial score (nSPS) is 10.9. The fourth-order valence-corrected chi connectivity index (χ4v) is 3.46. The highest BCUT2D eigenvalue weighted by molar-refractivity contribution is 5.35. The fraction of sp³-hybridized carbons (Fsp3) is 0.556. The van der Waals surface area contributed by atoms with Crippen LogP contribution < -0.4 is 9.47 Å². The van der Waals surface area contributed by atoms with E-state index in [2.05, 4.69) is 19.1 Å². The molecule has 2 aromatic carbocycles. The van der Waals surface area contributed by atoms with Crippen molar-refractivity contribution in [3.8, 4) is 11.5 Å². The largest absolute Gasteiger partial charge is 0.491 e. The van der Waals surface area contributed by atoms with Crippen LogP contribution in [0, 0.1) is 10.1 Å². The molecule has 0 bridgehead atoms. The third-order valence-electron chi connectivity index (χ3n) is 5.40. The Morgan fingerprint density at radius 2 is 1.12 bits per heavy atom. The zero-order chi connectivity index (χ0) is 24.3. The SMILES string of the molecule is CCCCCCCCCc1ccc(OCCOCCOCCOc2ccc([N+](=O)[O-])cc2)cc1. The van der Waals surface area contributed by atoms with Crippen molar-refractivity contribution in [2.75, 3.05) is 39.6 Å². The Morgan fingerprint density at radius 3 is 1.65 bits per heavy atom. The van der Waals surface area contributed by atoms with Gasteiger partial charge in [0.1, 0.15) is 24.7 Å². The molecule has 0 heterocycles. The van der Waals surface area contributed by atoms with E-state index in [0.717, 1.165) is 12.2 Å². The van der Waals surface area contributed by atoms with Crippen molar-refractivity contribution in [3.05, 3.63) is 64.2 Å². The van der Waals surface area contributed by atoms with Gasteiger partial charge in [0.2, 0.25) is 0 Å². The second-order valence-electron chi connectivity index (χ2n) is 8.19. The summed E-state index contributed by atoms with van der Waals surface area (Å²) in [7, 11) is 0. The molecule has 0 atom stereocenters. The van der Waals surface area contributed by atoms with Crippen molar-refractivity contribution < 1.29 is 23.9 Å². The summed E-state index contributed by atoms with van der Waals surface area (Å²) < 4.78 is 22.2. The summed E-state index contributed by atoms with van der Waals surface area (Å²) >= 11 is 0. The molecule has 0 saturated carbocycles. The van der Waals surface area contributed by atoms with Gasteiger partial charge in [-0.1, -0.05) is 57.6 Å². The third-order valence-corrected chi connectivity index (χ3v) is 5.40. The van der Waals surface area contributed by atoms with E-state index in [9.17, 15) is 10.1 Å². The Morgan fingerprint density at radius 1 is 0.647 bits per heavy atom. The number of benzene rings is 2. The van der Waals surface area contributed by atoms with Crippen molar-refractivity contribution in [2.45, 2.75) is 58.3 Å². The molecule has 0 radical (unpaired) electrons. The van der Waals surface area contributed by atoms with Crippen molar-refractivity contribution in [1.82, 2.24) is 0 Å². The summed E-state index contributed by atoms with van der Waals surface area (Å²) in [5, 5.41) is 10.6. The van der Waals surface area contributed by atoms with Gasteiger partial charge in [-0.05, 0) is 42.7 Å². The summed E-state index contributed by atoms with van der Waals surface area (Å²) in [5.41, 5.74) is 1.41. The average molecular weight is 474 g/mol. The number of nitro benzene ring substituents is 1. The first-order valence-electron chi connectivity index (χ1n) is 12.4. The molecule has 34 heavy (non-hydrogen) atoms. The maximum Gasteiger partial charge on any atom is 0.269 e. The molecule has 0 amide bonds. The molecule has 0 saturated heterocycles.